The Balaban J connectivity index is 1.54. The number of carbonyl (C=O) groups excluding carboxylic acids is 1. The van der Waals surface area contributed by atoms with E-state index in [0.29, 0.717) is 19.0 Å². The maximum atomic E-state index is 12.7. The second kappa shape index (κ2) is 6.48. The maximum Gasteiger partial charge on any atom is 0.228 e. The summed E-state index contributed by atoms with van der Waals surface area (Å²) in [6, 6.07) is 0.730. The molecule has 0 unspecified atom stereocenters. The molecule has 0 aromatic heterocycles. The van der Waals surface area contributed by atoms with Gasteiger partial charge >= 0.3 is 0 Å². The lowest BCUT2D eigenvalue weighted by Gasteiger charge is -2.46. The van der Waals surface area contributed by atoms with Gasteiger partial charge in [0.2, 0.25) is 5.91 Å². The van der Waals surface area contributed by atoms with Gasteiger partial charge in [-0.25, -0.2) is 8.42 Å². The minimum atomic E-state index is -2.97. The SMILES string of the molecule is C[C@H]1CCS(=O)(=O)CCN1C(=O)C1CN(C2CCCCC2)C1. The molecule has 0 N–H and O–H groups in total. The number of likely N-dealkylation sites (tertiary alicyclic amines) is 1. The molecule has 2 heterocycles. The minimum absolute atomic E-state index is 0.0495. The van der Waals surface area contributed by atoms with E-state index >= 15 is 0 Å². The van der Waals surface area contributed by atoms with E-state index in [1.165, 1.54) is 32.1 Å². The van der Waals surface area contributed by atoms with Gasteiger partial charge in [-0.05, 0) is 26.2 Å². The van der Waals surface area contributed by atoms with E-state index in [-0.39, 0.29) is 29.4 Å². The van der Waals surface area contributed by atoms with E-state index in [1.54, 1.807) is 0 Å². The number of sulfone groups is 1. The molecule has 3 aliphatic rings. The molecule has 0 aromatic rings. The van der Waals surface area contributed by atoms with Gasteiger partial charge in [0.15, 0.2) is 9.84 Å². The van der Waals surface area contributed by atoms with Crippen LogP contribution in [0.4, 0.5) is 0 Å². The molecule has 126 valence electrons. The van der Waals surface area contributed by atoms with Crippen LogP contribution in [0.15, 0.2) is 0 Å². The first-order valence-corrected chi connectivity index (χ1v) is 10.5. The third-order valence-corrected chi connectivity index (χ3v) is 7.32. The van der Waals surface area contributed by atoms with Crippen LogP contribution in [0, 0.1) is 5.92 Å². The molecule has 5 nitrogen and oxygen atoms in total. The summed E-state index contributed by atoms with van der Waals surface area (Å²) >= 11 is 0. The van der Waals surface area contributed by atoms with E-state index in [4.69, 9.17) is 0 Å². The molecular formula is C16H28N2O3S. The Morgan fingerprint density at radius 1 is 1.00 bits per heavy atom. The van der Waals surface area contributed by atoms with E-state index < -0.39 is 9.84 Å². The number of rotatable bonds is 2. The van der Waals surface area contributed by atoms with E-state index in [1.807, 2.05) is 11.8 Å². The summed E-state index contributed by atoms with van der Waals surface area (Å²) in [5.74, 6) is 0.612. The third kappa shape index (κ3) is 3.48. The molecule has 1 atom stereocenters. The maximum absolute atomic E-state index is 12.7. The average Bonchev–Trinajstić information content (AvgIpc) is 2.58. The number of nitrogens with zero attached hydrogens (tertiary/aromatic N) is 2. The van der Waals surface area contributed by atoms with Crippen molar-refractivity contribution >= 4 is 15.7 Å². The molecule has 2 saturated heterocycles. The van der Waals surface area contributed by atoms with Crippen molar-refractivity contribution in [1.82, 2.24) is 9.80 Å². The Morgan fingerprint density at radius 2 is 1.68 bits per heavy atom. The summed E-state index contributed by atoms with van der Waals surface area (Å²) in [7, 11) is -2.97. The Kier molecular flexibility index (Phi) is 4.78. The first-order chi connectivity index (χ1) is 10.5. The summed E-state index contributed by atoms with van der Waals surface area (Å²) in [5, 5.41) is 0. The van der Waals surface area contributed by atoms with Crippen LogP contribution in [0.2, 0.25) is 0 Å². The highest BCUT2D eigenvalue weighted by molar-refractivity contribution is 7.91. The van der Waals surface area contributed by atoms with Crippen molar-refractivity contribution in [3.8, 4) is 0 Å². The van der Waals surface area contributed by atoms with Crippen molar-refractivity contribution in [3.63, 3.8) is 0 Å². The molecule has 0 radical (unpaired) electrons. The molecule has 3 fully saturated rings. The van der Waals surface area contributed by atoms with Gasteiger partial charge in [0, 0.05) is 31.7 Å². The third-order valence-electron chi connectivity index (χ3n) is 5.66. The van der Waals surface area contributed by atoms with E-state index in [0.717, 1.165) is 13.1 Å². The molecule has 0 aromatic carbocycles. The van der Waals surface area contributed by atoms with Crippen LogP contribution in [0.3, 0.4) is 0 Å². The number of amides is 1. The van der Waals surface area contributed by atoms with Gasteiger partial charge in [0.05, 0.1) is 17.4 Å². The van der Waals surface area contributed by atoms with Crippen LogP contribution in [-0.4, -0.2) is 67.3 Å². The fourth-order valence-electron chi connectivity index (χ4n) is 4.04. The molecule has 6 heteroatoms. The van der Waals surface area contributed by atoms with Gasteiger partial charge in [0.1, 0.15) is 0 Å². The minimum Gasteiger partial charge on any atom is -0.339 e. The Labute approximate surface area is 134 Å². The van der Waals surface area contributed by atoms with Gasteiger partial charge in [0.25, 0.3) is 0 Å². The van der Waals surface area contributed by atoms with Crippen LogP contribution in [0.1, 0.15) is 45.4 Å². The Bertz CT molecular complexity index is 507. The molecule has 22 heavy (non-hydrogen) atoms. The van der Waals surface area contributed by atoms with Crippen molar-refractivity contribution in [1.29, 1.82) is 0 Å². The normalized spacial score (nSPS) is 31.5. The fraction of sp³-hybridized carbons (Fsp3) is 0.938. The van der Waals surface area contributed by atoms with Crippen molar-refractivity contribution in [3.05, 3.63) is 0 Å². The summed E-state index contributed by atoms with van der Waals surface area (Å²) in [6.45, 7) is 4.11. The molecular weight excluding hydrogens is 300 g/mol. The van der Waals surface area contributed by atoms with E-state index in [9.17, 15) is 13.2 Å². The molecule has 1 amide bonds. The largest absolute Gasteiger partial charge is 0.339 e. The second-order valence-electron chi connectivity index (χ2n) is 7.26. The summed E-state index contributed by atoms with van der Waals surface area (Å²) < 4.78 is 23.5. The zero-order valence-corrected chi connectivity index (χ0v) is 14.4. The van der Waals surface area contributed by atoms with Gasteiger partial charge in [-0.1, -0.05) is 19.3 Å². The Morgan fingerprint density at radius 3 is 2.36 bits per heavy atom. The first-order valence-electron chi connectivity index (χ1n) is 8.71. The van der Waals surface area contributed by atoms with Crippen molar-refractivity contribution in [2.45, 2.75) is 57.5 Å². The summed E-state index contributed by atoms with van der Waals surface area (Å²) in [6.07, 6.45) is 7.12. The second-order valence-corrected chi connectivity index (χ2v) is 9.57. The predicted molar refractivity (Wildman–Crippen MR) is 86.4 cm³/mol. The highest BCUT2D eigenvalue weighted by Gasteiger charge is 2.40. The molecule has 3 rings (SSSR count). The van der Waals surface area contributed by atoms with Crippen molar-refractivity contribution < 1.29 is 13.2 Å². The van der Waals surface area contributed by atoms with Crippen LogP contribution in [0.5, 0.6) is 0 Å². The first kappa shape index (κ1) is 16.2. The zero-order valence-electron chi connectivity index (χ0n) is 13.5. The van der Waals surface area contributed by atoms with Gasteiger partial charge in [-0.15, -0.1) is 0 Å². The van der Waals surface area contributed by atoms with Crippen LogP contribution >= 0.6 is 0 Å². The van der Waals surface area contributed by atoms with Crippen LogP contribution < -0.4 is 0 Å². The zero-order chi connectivity index (χ0) is 15.7. The molecule has 2 aliphatic heterocycles. The van der Waals surface area contributed by atoms with Crippen LogP contribution in [0.25, 0.3) is 0 Å². The van der Waals surface area contributed by atoms with E-state index in [2.05, 4.69) is 4.90 Å². The van der Waals surface area contributed by atoms with Gasteiger partial charge in [-0.2, -0.15) is 0 Å². The topological polar surface area (TPSA) is 57.7 Å². The average molecular weight is 328 g/mol. The highest BCUT2D eigenvalue weighted by atomic mass is 32.2. The monoisotopic (exact) mass is 328 g/mol. The lowest BCUT2D eigenvalue weighted by molar-refractivity contribution is -0.144. The standard InChI is InChI=1S/C16H28N2O3S/c1-13-7-9-22(20,21)10-8-18(13)16(19)14-11-17(12-14)15-5-3-2-4-6-15/h13-15H,2-12H2,1H3/t13-/m0/s1. The fourth-order valence-corrected chi connectivity index (χ4v) is 5.42. The number of carbonyl (C=O) groups is 1. The lowest BCUT2D eigenvalue weighted by Crippen LogP contribution is -2.59. The van der Waals surface area contributed by atoms with Crippen LogP contribution in [-0.2, 0) is 14.6 Å². The predicted octanol–water partition coefficient (Wildman–Crippen LogP) is 1.29. The summed E-state index contributed by atoms with van der Waals surface area (Å²) in [4.78, 5) is 17.0. The summed E-state index contributed by atoms with van der Waals surface area (Å²) in [5.41, 5.74) is 0. The van der Waals surface area contributed by atoms with Gasteiger partial charge < -0.3 is 4.90 Å². The number of hydrogen-bond donors (Lipinski definition) is 0. The quantitative estimate of drug-likeness (QED) is 0.766. The van der Waals surface area contributed by atoms with Crippen molar-refractivity contribution in [2.75, 3.05) is 31.1 Å². The Hall–Kier alpha value is -0.620. The lowest BCUT2D eigenvalue weighted by atomic mass is 9.88. The molecule has 0 spiro atoms. The molecule has 1 saturated carbocycles. The number of hydrogen-bond acceptors (Lipinski definition) is 4. The smallest absolute Gasteiger partial charge is 0.228 e. The van der Waals surface area contributed by atoms with Crippen molar-refractivity contribution in [2.24, 2.45) is 5.92 Å². The van der Waals surface area contributed by atoms with Gasteiger partial charge in [-0.3, -0.25) is 9.69 Å². The molecule has 0 bridgehead atoms. The highest BCUT2D eigenvalue weighted by Crippen LogP contribution is 2.30. The molecule has 1 aliphatic carbocycles.